The Balaban J connectivity index is 1.47. The van der Waals surface area contributed by atoms with Crippen molar-refractivity contribution in [1.29, 1.82) is 0 Å². The zero-order valence-electron chi connectivity index (χ0n) is 17.6. The summed E-state index contributed by atoms with van der Waals surface area (Å²) in [5.74, 6) is 1.33. The van der Waals surface area contributed by atoms with E-state index in [2.05, 4.69) is 30.2 Å². The molecule has 9 heteroatoms. The first-order valence-electron chi connectivity index (χ1n) is 10.1. The highest BCUT2D eigenvalue weighted by Crippen LogP contribution is 2.36. The Morgan fingerprint density at radius 3 is 2.53 bits per heavy atom. The van der Waals surface area contributed by atoms with Gasteiger partial charge in [-0.25, -0.2) is 19.9 Å². The fraction of sp³-hybridized carbons (Fsp3) is 0.261. The van der Waals surface area contributed by atoms with Gasteiger partial charge >= 0.3 is 6.18 Å². The number of anilines is 1. The van der Waals surface area contributed by atoms with Crippen LogP contribution in [-0.4, -0.2) is 31.5 Å². The zero-order chi connectivity index (χ0) is 22.7. The smallest absolute Gasteiger partial charge is 0.370 e. The molecule has 0 saturated heterocycles. The maximum atomic E-state index is 13.4. The van der Waals surface area contributed by atoms with Crippen LogP contribution in [0.5, 0.6) is 0 Å². The minimum Gasteiger partial charge on any atom is -0.370 e. The quantitative estimate of drug-likeness (QED) is 0.434. The number of benzene rings is 1. The number of pyridine rings is 1. The molecule has 0 radical (unpaired) electrons. The van der Waals surface area contributed by atoms with E-state index in [9.17, 15) is 13.2 Å². The number of aryl methyl sites for hydroxylation is 1. The van der Waals surface area contributed by atoms with Crippen LogP contribution in [0.1, 0.15) is 36.2 Å². The van der Waals surface area contributed by atoms with Gasteiger partial charge < -0.3 is 5.32 Å². The molecule has 1 N–H and O–H groups in total. The predicted octanol–water partition coefficient (Wildman–Crippen LogP) is 5.41. The third-order valence-electron chi connectivity index (χ3n) is 5.27. The van der Waals surface area contributed by atoms with Gasteiger partial charge in [0.1, 0.15) is 18.0 Å². The summed E-state index contributed by atoms with van der Waals surface area (Å²) in [4.78, 5) is 21.1. The number of fused-ring (bicyclic) bond motifs is 1. The van der Waals surface area contributed by atoms with Crippen molar-refractivity contribution in [3.8, 4) is 11.3 Å². The molecule has 164 valence electrons. The molecular formula is C23H21F3N6. The molecule has 0 spiro atoms. The molecule has 0 amide bonds. The summed E-state index contributed by atoms with van der Waals surface area (Å²) in [5, 5.41) is 3.38. The molecule has 4 rings (SSSR count). The number of hydrogen-bond donors (Lipinski definition) is 1. The van der Waals surface area contributed by atoms with E-state index in [1.165, 1.54) is 18.6 Å². The number of para-hydroxylation sites is 1. The van der Waals surface area contributed by atoms with Crippen LogP contribution in [0.25, 0.3) is 22.2 Å². The van der Waals surface area contributed by atoms with Crippen LogP contribution in [0, 0.1) is 6.92 Å². The fourth-order valence-electron chi connectivity index (χ4n) is 3.55. The Kier molecular flexibility index (Phi) is 5.98. The van der Waals surface area contributed by atoms with Gasteiger partial charge in [-0.3, -0.25) is 4.98 Å². The first-order chi connectivity index (χ1) is 15.3. The van der Waals surface area contributed by atoms with Gasteiger partial charge in [0.25, 0.3) is 0 Å². The van der Waals surface area contributed by atoms with Crippen LogP contribution in [0.2, 0.25) is 0 Å². The predicted molar refractivity (Wildman–Crippen MR) is 116 cm³/mol. The van der Waals surface area contributed by atoms with E-state index < -0.39 is 11.7 Å². The average Bonchev–Trinajstić information content (AvgIpc) is 2.78. The fourth-order valence-corrected chi connectivity index (χ4v) is 3.55. The van der Waals surface area contributed by atoms with E-state index >= 15 is 0 Å². The van der Waals surface area contributed by atoms with Crippen molar-refractivity contribution in [2.45, 2.75) is 32.4 Å². The lowest BCUT2D eigenvalue weighted by Gasteiger charge is -2.17. The van der Waals surface area contributed by atoms with E-state index in [-0.39, 0.29) is 11.3 Å². The molecule has 0 aliphatic rings. The highest BCUT2D eigenvalue weighted by atomic mass is 19.4. The normalized spacial score (nSPS) is 12.7. The second-order valence-electron chi connectivity index (χ2n) is 7.52. The SMILES string of the molecule is Cc1ncc(-c2cc(NCCC(C)c3cccc4c(C(F)(F)F)ccnc34)ncn2)cn1. The molecule has 6 nitrogen and oxygen atoms in total. The molecule has 0 aliphatic heterocycles. The molecule has 0 aliphatic carbocycles. The zero-order valence-corrected chi connectivity index (χ0v) is 17.6. The topological polar surface area (TPSA) is 76.5 Å². The molecule has 4 aromatic rings. The van der Waals surface area contributed by atoms with Gasteiger partial charge in [0.15, 0.2) is 0 Å². The minimum absolute atomic E-state index is 0.00556. The summed E-state index contributed by atoms with van der Waals surface area (Å²) in [6, 6.07) is 7.79. The largest absolute Gasteiger partial charge is 0.417 e. The molecular weight excluding hydrogens is 417 g/mol. The monoisotopic (exact) mass is 438 g/mol. The Morgan fingerprint density at radius 1 is 1.00 bits per heavy atom. The molecule has 1 atom stereocenters. The minimum atomic E-state index is -4.42. The summed E-state index contributed by atoms with van der Waals surface area (Å²) < 4.78 is 40.1. The first-order valence-corrected chi connectivity index (χ1v) is 10.1. The Labute approximate surface area is 183 Å². The van der Waals surface area contributed by atoms with Crippen molar-refractivity contribution in [1.82, 2.24) is 24.9 Å². The molecule has 0 fully saturated rings. The number of halogens is 3. The number of nitrogens with one attached hydrogen (secondary N) is 1. The molecule has 1 aromatic carbocycles. The molecule has 3 heterocycles. The van der Waals surface area contributed by atoms with Crippen LogP contribution in [0.3, 0.4) is 0 Å². The number of nitrogens with zero attached hydrogens (tertiary/aromatic N) is 5. The van der Waals surface area contributed by atoms with E-state index in [1.807, 2.05) is 26.0 Å². The summed E-state index contributed by atoms with van der Waals surface area (Å²) in [6.07, 6.45) is 2.37. The Morgan fingerprint density at radius 2 is 1.78 bits per heavy atom. The van der Waals surface area contributed by atoms with E-state index in [4.69, 9.17) is 0 Å². The Bertz CT molecular complexity index is 1220. The van der Waals surface area contributed by atoms with Gasteiger partial charge in [0.2, 0.25) is 0 Å². The second kappa shape index (κ2) is 8.86. The maximum Gasteiger partial charge on any atom is 0.417 e. The maximum absolute atomic E-state index is 13.4. The summed E-state index contributed by atoms with van der Waals surface area (Å²) in [6.45, 7) is 4.37. The molecule has 1 unspecified atom stereocenters. The van der Waals surface area contributed by atoms with Gasteiger partial charge in [0, 0.05) is 42.2 Å². The average molecular weight is 438 g/mol. The lowest BCUT2D eigenvalue weighted by Crippen LogP contribution is -2.09. The van der Waals surface area contributed by atoms with Gasteiger partial charge in [-0.2, -0.15) is 13.2 Å². The second-order valence-corrected chi connectivity index (χ2v) is 7.52. The number of alkyl halides is 3. The molecule has 0 saturated carbocycles. The van der Waals surface area contributed by atoms with Crippen molar-refractivity contribution < 1.29 is 13.2 Å². The van der Waals surface area contributed by atoms with Gasteiger partial charge in [-0.05, 0) is 30.9 Å². The summed E-state index contributed by atoms with van der Waals surface area (Å²) in [5.41, 5.74) is 2.00. The van der Waals surface area contributed by atoms with E-state index in [1.54, 1.807) is 18.5 Å². The van der Waals surface area contributed by atoms with Gasteiger partial charge in [-0.1, -0.05) is 25.1 Å². The molecule has 3 aromatic heterocycles. The van der Waals surface area contributed by atoms with Crippen molar-refractivity contribution in [2.24, 2.45) is 0 Å². The standard InChI is InChI=1S/C23H21F3N6/c1-14(17-4-3-5-18-19(23(24,25)26)7-9-28-22(17)18)6-8-27-21-10-20(31-13-32-21)16-11-29-15(2)30-12-16/h3-5,7,9-14H,6,8H2,1-2H3,(H,27,31,32). The van der Waals surface area contributed by atoms with Crippen molar-refractivity contribution in [3.05, 3.63) is 72.2 Å². The molecule has 32 heavy (non-hydrogen) atoms. The number of rotatable bonds is 6. The lowest BCUT2D eigenvalue weighted by molar-refractivity contribution is -0.136. The number of hydrogen-bond acceptors (Lipinski definition) is 6. The highest BCUT2D eigenvalue weighted by molar-refractivity contribution is 5.85. The van der Waals surface area contributed by atoms with E-state index in [0.29, 0.717) is 35.8 Å². The van der Waals surface area contributed by atoms with Crippen molar-refractivity contribution >= 4 is 16.7 Å². The van der Waals surface area contributed by atoms with Crippen LogP contribution < -0.4 is 5.32 Å². The van der Waals surface area contributed by atoms with Crippen LogP contribution in [0.15, 0.2) is 55.2 Å². The summed E-state index contributed by atoms with van der Waals surface area (Å²) >= 11 is 0. The third-order valence-corrected chi connectivity index (χ3v) is 5.27. The first kappa shape index (κ1) is 21.6. The lowest BCUT2D eigenvalue weighted by atomic mass is 9.94. The number of aromatic nitrogens is 5. The van der Waals surface area contributed by atoms with Crippen LogP contribution >= 0.6 is 0 Å². The van der Waals surface area contributed by atoms with E-state index in [0.717, 1.165) is 17.2 Å². The van der Waals surface area contributed by atoms with Gasteiger partial charge in [0.05, 0.1) is 16.8 Å². The van der Waals surface area contributed by atoms with Gasteiger partial charge in [-0.15, -0.1) is 0 Å². The summed E-state index contributed by atoms with van der Waals surface area (Å²) in [7, 11) is 0. The highest BCUT2D eigenvalue weighted by Gasteiger charge is 2.33. The molecule has 0 bridgehead atoms. The Hall–Kier alpha value is -3.62. The van der Waals surface area contributed by atoms with Crippen LogP contribution in [-0.2, 0) is 6.18 Å². The third kappa shape index (κ3) is 4.66. The van der Waals surface area contributed by atoms with Crippen molar-refractivity contribution in [3.63, 3.8) is 0 Å². The van der Waals surface area contributed by atoms with Crippen molar-refractivity contribution in [2.75, 3.05) is 11.9 Å². The van der Waals surface area contributed by atoms with Crippen LogP contribution in [0.4, 0.5) is 19.0 Å².